The van der Waals surface area contributed by atoms with Crippen molar-refractivity contribution in [1.82, 2.24) is 4.40 Å². The lowest BCUT2D eigenvalue weighted by molar-refractivity contribution is 0.773. The van der Waals surface area contributed by atoms with Gasteiger partial charge in [0.15, 0.2) is 0 Å². The lowest BCUT2D eigenvalue weighted by Crippen LogP contribution is -2.00. The highest BCUT2D eigenvalue weighted by Gasteiger charge is 2.23. The molecule has 0 aliphatic heterocycles. The Morgan fingerprint density at radius 2 is 1.33 bits per heavy atom. The zero-order chi connectivity index (χ0) is 28.8. The molecule has 0 saturated carbocycles. The van der Waals surface area contributed by atoms with Gasteiger partial charge in [0.05, 0.1) is 16.6 Å². The van der Waals surface area contributed by atoms with Gasteiger partial charge in [0.25, 0.3) is 0 Å². The summed E-state index contributed by atoms with van der Waals surface area (Å²) >= 11 is 0. The Morgan fingerprint density at radius 1 is 0.628 bits per heavy atom. The summed E-state index contributed by atoms with van der Waals surface area (Å²) < 4.78 is 2.56. The summed E-state index contributed by atoms with van der Waals surface area (Å²) in [4.78, 5) is 0. The van der Waals surface area contributed by atoms with E-state index in [0.29, 0.717) is 11.8 Å². The number of hydrogen-bond donors (Lipinski definition) is 0. The molecule has 0 radical (unpaired) electrons. The second-order valence-corrected chi connectivity index (χ2v) is 12.8. The highest BCUT2D eigenvalue weighted by molar-refractivity contribution is 6.26. The van der Waals surface area contributed by atoms with Crippen molar-refractivity contribution in [3.05, 3.63) is 132 Å². The van der Waals surface area contributed by atoms with Gasteiger partial charge in [0, 0.05) is 21.5 Å². The van der Waals surface area contributed by atoms with E-state index in [1.807, 2.05) is 0 Å². The number of rotatable bonds is 3. The van der Waals surface area contributed by atoms with Crippen LogP contribution in [0.1, 0.15) is 55.7 Å². The predicted molar refractivity (Wildman–Crippen MR) is 186 cm³/mol. The summed E-state index contributed by atoms with van der Waals surface area (Å²) in [7, 11) is 0. The number of benzene rings is 6. The SMILES string of the molecule is CC(C)c1ccc(-c2ccccc2)c(-c2cc3c4cc5c(cc4n4c6cc7ccccc7cc6c(c2)c34)C(C)CC=C5)c1. The molecule has 2 heterocycles. The fourth-order valence-corrected chi connectivity index (χ4v) is 7.59. The predicted octanol–water partition coefficient (Wildman–Crippen LogP) is 12.0. The van der Waals surface area contributed by atoms with E-state index in [-0.39, 0.29) is 0 Å². The van der Waals surface area contributed by atoms with E-state index >= 15 is 0 Å². The van der Waals surface area contributed by atoms with Crippen LogP contribution in [0.3, 0.4) is 0 Å². The summed E-state index contributed by atoms with van der Waals surface area (Å²) in [5, 5.41) is 7.92. The van der Waals surface area contributed by atoms with Crippen LogP contribution in [-0.4, -0.2) is 4.40 Å². The number of nitrogens with zero attached hydrogens (tertiary/aromatic N) is 1. The molecule has 1 aliphatic rings. The van der Waals surface area contributed by atoms with Crippen LogP contribution >= 0.6 is 0 Å². The van der Waals surface area contributed by atoms with Gasteiger partial charge in [-0.3, -0.25) is 0 Å². The highest BCUT2D eigenvalue weighted by Crippen LogP contribution is 2.46. The van der Waals surface area contributed by atoms with Crippen molar-refractivity contribution in [3.63, 3.8) is 0 Å². The third-order valence-electron chi connectivity index (χ3n) is 9.89. The summed E-state index contributed by atoms with van der Waals surface area (Å²) in [5.41, 5.74) is 13.3. The molecule has 1 unspecified atom stereocenters. The molecule has 1 aliphatic carbocycles. The minimum Gasteiger partial charge on any atom is -0.308 e. The van der Waals surface area contributed by atoms with Gasteiger partial charge in [-0.15, -0.1) is 0 Å². The first-order valence-electron chi connectivity index (χ1n) is 15.6. The molecule has 1 heteroatoms. The van der Waals surface area contributed by atoms with E-state index in [0.717, 1.165) is 6.42 Å². The lowest BCUT2D eigenvalue weighted by atomic mass is 9.87. The quantitative estimate of drug-likeness (QED) is 0.206. The molecule has 1 atom stereocenters. The third kappa shape index (κ3) is 3.58. The summed E-state index contributed by atoms with van der Waals surface area (Å²) in [6.45, 7) is 6.94. The van der Waals surface area contributed by atoms with Crippen molar-refractivity contribution in [3.8, 4) is 22.3 Å². The van der Waals surface area contributed by atoms with Crippen LogP contribution in [0.5, 0.6) is 0 Å². The molecule has 6 aromatic carbocycles. The average Bonchev–Trinajstić information content (AvgIpc) is 3.53. The average molecular weight is 552 g/mol. The van der Waals surface area contributed by atoms with Crippen molar-refractivity contribution < 1.29 is 0 Å². The molecule has 0 N–H and O–H groups in total. The van der Waals surface area contributed by atoms with Crippen LogP contribution in [0.2, 0.25) is 0 Å². The standard InChI is InChI=1S/C42H33N/c1-25(2)28-16-17-33(27-11-5-4-6-12-27)35(18-28)32-21-38-36-19-29-13-7-8-14-30(29)23-40(36)43-41-24-34-26(3)10-9-15-31(34)20-37(41)39(22-32)42(38)43/h4-9,11-26H,10H2,1-3H3. The molecule has 2 aromatic heterocycles. The first kappa shape index (κ1) is 24.7. The van der Waals surface area contributed by atoms with E-state index in [2.05, 4.69) is 147 Å². The van der Waals surface area contributed by atoms with Crippen molar-refractivity contribution in [2.75, 3.05) is 0 Å². The smallest absolute Gasteiger partial charge is 0.0620 e. The fraction of sp³-hybridized carbons (Fsp3) is 0.143. The number of allylic oxidation sites excluding steroid dienone is 1. The Hall–Kier alpha value is -4.88. The van der Waals surface area contributed by atoms with Crippen LogP contribution in [-0.2, 0) is 0 Å². The van der Waals surface area contributed by atoms with Crippen LogP contribution in [0.4, 0.5) is 0 Å². The normalized spacial score (nSPS) is 15.1. The molecule has 9 rings (SSSR count). The Bertz CT molecular complexity index is 2400. The second-order valence-electron chi connectivity index (χ2n) is 12.8. The maximum absolute atomic E-state index is 2.56. The second kappa shape index (κ2) is 9.06. The molecule has 0 bridgehead atoms. The maximum Gasteiger partial charge on any atom is 0.0620 e. The van der Waals surface area contributed by atoms with Gasteiger partial charge >= 0.3 is 0 Å². The highest BCUT2D eigenvalue weighted by atomic mass is 14.9. The number of hydrogen-bond acceptors (Lipinski definition) is 0. The molecule has 0 amide bonds. The van der Waals surface area contributed by atoms with Gasteiger partial charge in [0.2, 0.25) is 0 Å². The molecule has 0 saturated heterocycles. The molecule has 43 heavy (non-hydrogen) atoms. The molecule has 8 aromatic rings. The van der Waals surface area contributed by atoms with E-state index in [1.165, 1.54) is 87.8 Å². The Balaban J connectivity index is 1.46. The van der Waals surface area contributed by atoms with Crippen LogP contribution in [0.15, 0.2) is 115 Å². The zero-order valence-corrected chi connectivity index (χ0v) is 24.9. The first-order chi connectivity index (χ1) is 21.0. The van der Waals surface area contributed by atoms with Crippen molar-refractivity contribution in [2.24, 2.45) is 0 Å². The fourth-order valence-electron chi connectivity index (χ4n) is 7.59. The Kier molecular flexibility index (Phi) is 5.20. The van der Waals surface area contributed by atoms with E-state index in [1.54, 1.807) is 0 Å². The largest absolute Gasteiger partial charge is 0.308 e. The Labute approximate surface area is 252 Å². The van der Waals surface area contributed by atoms with Gasteiger partial charge < -0.3 is 4.40 Å². The van der Waals surface area contributed by atoms with Crippen molar-refractivity contribution >= 4 is 54.9 Å². The van der Waals surface area contributed by atoms with Gasteiger partial charge in [-0.2, -0.15) is 0 Å². The monoisotopic (exact) mass is 551 g/mol. The molecular formula is C42H33N. The third-order valence-corrected chi connectivity index (χ3v) is 9.89. The number of fused-ring (bicyclic) bond motifs is 8. The number of aromatic nitrogens is 1. The molecule has 0 fully saturated rings. The van der Waals surface area contributed by atoms with E-state index in [4.69, 9.17) is 0 Å². The van der Waals surface area contributed by atoms with Gasteiger partial charge in [-0.1, -0.05) is 106 Å². The summed E-state index contributed by atoms with van der Waals surface area (Å²) in [5.74, 6) is 0.978. The van der Waals surface area contributed by atoms with Gasteiger partial charge in [0.1, 0.15) is 0 Å². The molecular weight excluding hydrogens is 518 g/mol. The first-order valence-corrected chi connectivity index (χ1v) is 15.6. The summed E-state index contributed by atoms with van der Waals surface area (Å²) in [6, 6.07) is 41.4. The lowest BCUT2D eigenvalue weighted by Gasteiger charge is -2.18. The molecule has 206 valence electrons. The zero-order valence-electron chi connectivity index (χ0n) is 24.9. The van der Waals surface area contributed by atoms with Crippen LogP contribution < -0.4 is 0 Å². The van der Waals surface area contributed by atoms with Crippen LogP contribution in [0, 0.1) is 0 Å². The van der Waals surface area contributed by atoms with Gasteiger partial charge in [-0.05, 0) is 104 Å². The molecule has 1 nitrogen and oxygen atoms in total. The van der Waals surface area contributed by atoms with E-state index < -0.39 is 0 Å². The van der Waals surface area contributed by atoms with E-state index in [9.17, 15) is 0 Å². The Morgan fingerprint density at radius 3 is 2.09 bits per heavy atom. The van der Waals surface area contributed by atoms with Crippen molar-refractivity contribution in [1.29, 1.82) is 0 Å². The minimum atomic E-state index is 0.455. The van der Waals surface area contributed by atoms with Crippen LogP contribution in [0.25, 0.3) is 77.2 Å². The minimum absolute atomic E-state index is 0.455. The topological polar surface area (TPSA) is 4.41 Å². The molecule has 0 spiro atoms. The maximum atomic E-state index is 2.56. The summed E-state index contributed by atoms with van der Waals surface area (Å²) in [6.07, 6.45) is 5.77. The van der Waals surface area contributed by atoms with Gasteiger partial charge in [-0.25, -0.2) is 0 Å². The van der Waals surface area contributed by atoms with Crippen molar-refractivity contribution in [2.45, 2.75) is 39.0 Å².